The molecule has 0 bridgehead atoms. The molecular weight excluding hydrogens is 291 g/mol. The van der Waals surface area contributed by atoms with E-state index in [1.807, 2.05) is 0 Å². The zero-order valence-corrected chi connectivity index (χ0v) is 14.0. The fraction of sp³-hybridized carbons (Fsp3) is 0.700. The monoisotopic (exact) mass is 316 g/mol. The molecule has 0 aliphatic heterocycles. The highest BCUT2D eigenvalue weighted by Gasteiger charge is 2.59. The molecule has 3 heteroatoms. The van der Waals surface area contributed by atoms with Gasteiger partial charge in [0.25, 0.3) is 0 Å². The molecule has 3 fully saturated rings. The van der Waals surface area contributed by atoms with Crippen LogP contribution in [0.1, 0.15) is 52.4 Å². The molecule has 0 N–H and O–H groups in total. The summed E-state index contributed by atoms with van der Waals surface area (Å²) in [4.78, 5) is 24.3. The predicted molar refractivity (Wildman–Crippen MR) is 86.5 cm³/mol. The number of Topliss-reactive ketones (excluding diaryl/α,β-unsaturated/α-hetero) is 1. The highest BCUT2D eigenvalue weighted by molar-refractivity contribution is 6.02. The summed E-state index contributed by atoms with van der Waals surface area (Å²) < 4.78 is 13.7. The molecule has 0 saturated heterocycles. The van der Waals surface area contributed by atoms with Gasteiger partial charge in [0.1, 0.15) is 12.5 Å². The maximum atomic E-state index is 13.7. The van der Waals surface area contributed by atoms with Crippen molar-refractivity contribution in [1.29, 1.82) is 0 Å². The summed E-state index contributed by atoms with van der Waals surface area (Å²) >= 11 is 0. The largest absolute Gasteiger partial charge is 0.299 e. The van der Waals surface area contributed by atoms with E-state index in [1.165, 1.54) is 6.08 Å². The molecule has 4 aliphatic carbocycles. The lowest BCUT2D eigenvalue weighted by molar-refractivity contribution is -0.131. The van der Waals surface area contributed by atoms with Crippen LogP contribution >= 0.6 is 0 Å². The Bertz CT molecular complexity index is 628. The molecule has 0 aromatic carbocycles. The van der Waals surface area contributed by atoms with E-state index in [0.29, 0.717) is 35.5 Å². The standard InChI is InChI=1S/C20H25FO2/c1-19-8-7-17-15(16(19)5-6-18(19)23)4-3-12-9-14(22)10-13(11-21)20(12,17)2/h9-10,15-17H,3-8,11H2,1-2H3/t15-,16-,17-,19-,20+/m0/s1. The number of ketones is 2. The van der Waals surface area contributed by atoms with E-state index < -0.39 is 6.67 Å². The summed E-state index contributed by atoms with van der Waals surface area (Å²) in [5.41, 5.74) is 1.34. The van der Waals surface area contributed by atoms with Crippen molar-refractivity contribution in [3.05, 3.63) is 23.3 Å². The molecule has 0 heterocycles. The van der Waals surface area contributed by atoms with Crippen molar-refractivity contribution < 1.29 is 14.0 Å². The van der Waals surface area contributed by atoms with Gasteiger partial charge in [-0.3, -0.25) is 9.59 Å². The molecule has 0 unspecified atom stereocenters. The van der Waals surface area contributed by atoms with E-state index in [4.69, 9.17) is 0 Å². The van der Waals surface area contributed by atoms with E-state index >= 15 is 0 Å². The minimum Gasteiger partial charge on any atom is -0.299 e. The third kappa shape index (κ3) is 1.85. The SMILES string of the molecule is C[C@]12C(CF)=CC(=O)C=C1CC[C@@H]1[C@@H]2CC[C@]2(C)C(=O)CC[C@@H]12. The molecule has 2 nitrogen and oxygen atoms in total. The van der Waals surface area contributed by atoms with Gasteiger partial charge in [-0.05, 0) is 67.6 Å². The Morgan fingerprint density at radius 2 is 1.87 bits per heavy atom. The van der Waals surface area contributed by atoms with Crippen LogP contribution in [0.2, 0.25) is 0 Å². The highest BCUT2D eigenvalue weighted by atomic mass is 19.1. The number of carbonyl (C=O) groups excluding carboxylic acids is 2. The fourth-order valence-electron chi connectivity index (χ4n) is 6.38. The molecule has 0 amide bonds. The van der Waals surface area contributed by atoms with E-state index in [0.717, 1.165) is 37.7 Å². The highest BCUT2D eigenvalue weighted by Crippen LogP contribution is 2.64. The van der Waals surface area contributed by atoms with Gasteiger partial charge in [0.2, 0.25) is 0 Å². The molecule has 0 aromatic heterocycles. The second kappa shape index (κ2) is 4.87. The van der Waals surface area contributed by atoms with Crippen LogP contribution < -0.4 is 0 Å². The van der Waals surface area contributed by atoms with Crippen LogP contribution in [0.25, 0.3) is 0 Å². The van der Waals surface area contributed by atoms with Crippen LogP contribution in [0.15, 0.2) is 23.3 Å². The Hall–Kier alpha value is -1.25. The maximum Gasteiger partial charge on any atom is 0.178 e. The van der Waals surface area contributed by atoms with E-state index in [-0.39, 0.29) is 16.6 Å². The van der Waals surface area contributed by atoms with Gasteiger partial charge in [-0.2, -0.15) is 0 Å². The third-order valence-electron chi connectivity index (χ3n) is 7.75. The zero-order chi connectivity index (χ0) is 16.4. The van der Waals surface area contributed by atoms with Crippen LogP contribution in [-0.2, 0) is 9.59 Å². The van der Waals surface area contributed by atoms with Crippen molar-refractivity contribution in [2.24, 2.45) is 28.6 Å². The summed E-state index contributed by atoms with van der Waals surface area (Å²) in [6.45, 7) is 3.77. The second-order valence-electron chi connectivity index (χ2n) is 8.41. The van der Waals surface area contributed by atoms with E-state index in [1.54, 1.807) is 6.08 Å². The van der Waals surface area contributed by atoms with Crippen LogP contribution in [0.3, 0.4) is 0 Å². The van der Waals surface area contributed by atoms with Crippen LogP contribution in [0.4, 0.5) is 4.39 Å². The molecule has 0 aromatic rings. The molecule has 4 aliphatic rings. The first-order valence-electron chi connectivity index (χ1n) is 8.96. The number of hydrogen-bond donors (Lipinski definition) is 0. The summed E-state index contributed by atoms with van der Waals surface area (Å²) in [7, 11) is 0. The molecule has 0 radical (unpaired) electrons. The quantitative estimate of drug-likeness (QED) is 0.726. The first-order valence-corrected chi connectivity index (χ1v) is 8.96. The van der Waals surface area contributed by atoms with Crippen molar-refractivity contribution in [2.75, 3.05) is 6.67 Å². The van der Waals surface area contributed by atoms with Crippen LogP contribution in [-0.4, -0.2) is 18.2 Å². The van der Waals surface area contributed by atoms with Gasteiger partial charge < -0.3 is 0 Å². The first kappa shape index (κ1) is 15.3. The smallest absolute Gasteiger partial charge is 0.178 e. The Morgan fingerprint density at radius 1 is 1.09 bits per heavy atom. The van der Waals surface area contributed by atoms with Crippen molar-refractivity contribution in [2.45, 2.75) is 52.4 Å². The van der Waals surface area contributed by atoms with Crippen LogP contribution in [0, 0.1) is 28.6 Å². The molecular formula is C20H25FO2. The number of fused-ring (bicyclic) bond motifs is 5. The first-order chi connectivity index (χ1) is 10.9. The van der Waals surface area contributed by atoms with Crippen molar-refractivity contribution in [3.8, 4) is 0 Å². The number of hydrogen-bond acceptors (Lipinski definition) is 2. The third-order valence-corrected chi connectivity index (χ3v) is 7.75. The van der Waals surface area contributed by atoms with E-state index in [2.05, 4.69) is 13.8 Å². The van der Waals surface area contributed by atoms with Gasteiger partial charge in [-0.1, -0.05) is 19.4 Å². The van der Waals surface area contributed by atoms with Gasteiger partial charge in [0.15, 0.2) is 5.78 Å². The van der Waals surface area contributed by atoms with Gasteiger partial charge in [0.05, 0.1) is 0 Å². The Balaban J connectivity index is 1.76. The lowest BCUT2D eigenvalue weighted by Gasteiger charge is -2.57. The topological polar surface area (TPSA) is 34.1 Å². The predicted octanol–water partition coefficient (Wildman–Crippen LogP) is 4.20. The minimum absolute atomic E-state index is 0.0553. The van der Waals surface area contributed by atoms with Gasteiger partial charge in [0, 0.05) is 17.3 Å². The Morgan fingerprint density at radius 3 is 2.61 bits per heavy atom. The number of halogens is 1. The van der Waals surface area contributed by atoms with Crippen LogP contribution in [0.5, 0.6) is 0 Å². The number of allylic oxidation sites excluding steroid dienone is 4. The molecule has 23 heavy (non-hydrogen) atoms. The normalized spacial score (nSPS) is 45.8. The summed E-state index contributed by atoms with van der Waals surface area (Å²) in [5.74, 6) is 1.70. The average Bonchev–Trinajstić information content (AvgIpc) is 2.83. The lowest BCUT2D eigenvalue weighted by atomic mass is 9.47. The van der Waals surface area contributed by atoms with Crippen molar-refractivity contribution in [1.82, 2.24) is 0 Å². The number of alkyl halides is 1. The number of rotatable bonds is 1. The molecule has 0 spiro atoms. The minimum atomic E-state index is -0.538. The van der Waals surface area contributed by atoms with E-state index in [9.17, 15) is 14.0 Å². The molecule has 5 atom stereocenters. The van der Waals surface area contributed by atoms with Gasteiger partial charge >= 0.3 is 0 Å². The average molecular weight is 316 g/mol. The molecule has 3 saturated carbocycles. The zero-order valence-electron chi connectivity index (χ0n) is 14.0. The van der Waals surface area contributed by atoms with Crippen molar-refractivity contribution >= 4 is 11.6 Å². The Labute approximate surface area is 137 Å². The fourth-order valence-corrected chi connectivity index (χ4v) is 6.38. The lowest BCUT2D eigenvalue weighted by Crippen LogP contribution is -2.51. The summed E-state index contributed by atoms with van der Waals surface area (Å²) in [5, 5.41) is 0. The molecule has 4 rings (SSSR count). The second-order valence-corrected chi connectivity index (χ2v) is 8.41. The van der Waals surface area contributed by atoms with Gasteiger partial charge in [-0.25, -0.2) is 4.39 Å². The molecule has 124 valence electrons. The Kier molecular flexibility index (Phi) is 3.24. The summed E-state index contributed by atoms with van der Waals surface area (Å²) in [6, 6.07) is 0. The summed E-state index contributed by atoms with van der Waals surface area (Å²) in [6.07, 6.45) is 8.82. The van der Waals surface area contributed by atoms with Crippen molar-refractivity contribution in [3.63, 3.8) is 0 Å². The maximum absolute atomic E-state index is 13.7. The number of carbonyl (C=O) groups is 2. The van der Waals surface area contributed by atoms with Gasteiger partial charge in [-0.15, -0.1) is 0 Å².